The largest absolute Gasteiger partial charge is 0.396 e. The molecule has 16 heavy (non-hydrogen) atoms. The molecule has 84 valence electrons. The van der Waals surface area contributed by atoms with Crippen molar-refractivity contribution in [3.05, 3.63) is 35.7 Å². The number of halogens is 3. The van der Waals surface area contributed by atoms with Gasteiger partial charge in [-0.05, 0) is 18.2 Å². The molecule has 0 saturated carbocycles. The van der Waals surface area contributed by atoms with Gasteiger partial charge in [0.2, 0.25) is 0 Å². The quantitative estimate of drug-likeness (QED) is 0.734. The molecule has 0 spiro atoms. The molecule has 2 aromatic rings. The molecule has 0 radical (unpaired) electrons. The normalized spacial score (nSPS) is 10.8. The highest BCUT2D eigenvalue weighted by molar-refractivity contribution is 6.01. The number of benzene rings is 2. The van der Waals surface area contributed by atoms with E-state index in [-0.39, 0.29) is 16.8 Å². The zero-order valence-corrected chi connectivity index (χ0v) is 8.44. The van der Waals surface area contributed by atoms with Crippen molar-refractivity contribution in [3.63, 3.8) is 0 Å². The highest BCUT2D eigenvalue weighted by Gasteiger charge is 2.15. The monoisotopic (exact) mass is 226 g/mol. The fourth-order valence-corrected chi connectivity index (χ4v) is 1.66. The predicted octanol–water partition coefficient (Wildman–Crippen LogP) is 2.88. The van der Waals surface area contributed by atoms with Crippen LogP contribution >= 0.6 is 0 Å². The number of rotatable bonds is 1. The van der Waals surface area contributed by atoms with Crippen LogP contribution in [0.2, 0.25) is 0 Å². The van der Waals surface area contributed by atoms with E-state index in [9.17, 15) is 13.2 Å². The van der Waals surface area contributed by atoms with Gasteiger partial charge in [-0.3, -0.25) is 0 Å². The van der Waals surface area contributed by atoms with E-state index in [1.54, 1.807) is 0 Å². The zero-order chi connectivity index (χ0) is 11.9. The van der Waals surface area contributed by atoms with Crippen molar-refractivity contribution in [2.24, 2.45) is 0 Å². The second-order valence-corrected chi connectivity index (χ2v) is 3.35. The predicted molar refractivity (Wildman–Crippen MR) is 57.8 cm³/mol. The Hall–Kier alpha value is -1.91. The number of hydrogen-bond donors (Lipinski definition) is 2. The van der Waals surface area contributed by atoms with Crippen LogP contribution in [0, 0.1) is 17.5 Å². The van der Waals surface area contributed by atoms with E-state index in [1.165, 1.54) is 13.1 Å². The molecule has 0 saturated heterocycles. The Balaban J connectivity index is 2.96. The standard InChI is InChI=1S/C11H9F3N2/c1-16-11-5-2-3-7(12)10(15)6(5)4-8(13)9(11)14/h2-4,16H,15H2,1H3. The lowest BCUT2D eigenvalue weighted by Gasteiger charge is -2.10. The lowest BCUT2D eigenvalue weighted by atomic mass is 10.1. The first-order valence-corrected chi connectivity index (χ1v) is 4.59. The number of fused-ring (bicyclic) bond motifs is 1. The molecular formula is C11H9F3N2. The van der Waals surface area contributed by atoms with Crippen LogP contribution in [-0.2, 0) is 0 Å². The summed E-state index contributed by atoms with van der Waals surface area (Å²) in [4.78, 5) is 0. The van der Waals surface area contributed by atoms with Crippen LogP contribution in [0.15, 0.2) is 18.2 Å². The molecule has 5 heteroatoms. The van der Waals surface area contributed by atoms with E-state index in [0.29, 0.717) is 5.39 Å². The van der Waals surface area contributed by atoms with Crippen LogP contribution < -0.4 is 11.1 Å². The minimum absolute atomic E-state index is 0.0262. The summed E-state index contributed by atoms with van der Waals surface area (Å²) in [5.74, 6) is -2.71. The van der Waals surface area contributed by atoms with Crippen molar-refractivity contribution in [1.29, 1.82) is 0 Å². The number of nitrogens with two attached hydrogens (primary N) is 1. The van der Waals surface area contributed by atoms with Gasteiger partial charge in [-0.1, -0.05) is 0 Å². The first-order chi connectivity index (χ1) is 7.56. The summed E-state index contributed by atoms with van der Waals surface area (Å²) in [5, 5.41) is 3.04. The third-order valence-electron chi connectivity index (χ3n) is 2.45. The Bertz CT molecular complexity index is 567. The molecule has 3 N–H and O–H groups in total. The van der Waals surface area contributed by atoms with Crippen molar-refractivity contribution in [2.45, 2.75) is 0 Å². The molecule has 0 heterocycles. The van der Waals surface area contributed by atoms with Gasteiger partial charge in [-0.2, -0.15) is 0 Å². The third-order valence-corrected chi connectivity index (χ3v) is 2.45. The third kappa shape index (κ3) is 1.36. The average Bonchev–Trinajstić information content (AvgIpc) is 2.27. The Morgan fingerprint density at radius 1 is 1.06 bits per heavy atom. The van der Waals surface area contributed by atoms with Crippen LogP contribution in [-0.4, -0.2) is 7.05 Å². The fraction of sp³-hybridized carbons (Fsp3) is 0.0909. The molecule has 0 bridgehead atoms. The van der Waals surface area contributed by atoms with E-state index in [1.807, 2.05) is 0 Å². The van der Waals surface area contributed by atoms with Crippen LogP contribution in [0.4, 0.5) is 24.5 Å². The summed E-state index contributed by atoms with van der Waals surface area (Å²) in [7, 11) is 1.46. The molecule has 2 nitrogen and oxygen atoms in total. The highest BCUT2D eigenvalue weighted by Crippen LogP contribution is 2.32. The number of anilines is 2. The highest BCUT2D eigenvalue weighted by atomic mass is 19.2. The maximum absolute atomic E-state index is 13.4. The van der Waals surface area contributed by atoms with Crippen molar-refractivity contribution in [2.75, 3.05) is 18.1 Å². The molecule has 2 aromatic carbocycles. The first kappa shape index (κ1) is 10.6. The summed E-state index contributed by atoms with van der Waals surface area (Å²) >= 11 is 0. The molecule has 0 atom stereocenters. The number of nitrogens with one attached hydrogen (secondary N) is 1. The van der Waals surface area contributed by atoms with Gasteiger partial charge in [0.05, 0.1) is 11.4 Å². The average molecular weight is 226 g/mol. The van der Waals surface area contributed by atoms with Crippen LogP contribution in [0.3, 0.4) is 0 Å². The van der Waals surface area contributed by atoms with Gasteiger partial charge in [-0.15, -0.1) is 0 Å². The Labute approximate surface area is 89.9 Å². The van der Waals surface area contributed by atoms with E-state index in [2.05, 4.69) is 5.32 Å². The minimum Gasteiger partial charge on any atom is -0.396 e. The summed E-state index contributed by atoms with van der Waals surface area (Å²) < 4.78 is 39.8. The van der Waals surface area contributed by atoms with E-state index >= 15 is 0 Å². The van der Waals surface area contributed by atoms with E-state index in [0.717, 1.165) is 12.1 Å². The number of hydrogen-bond acceptors (Lipinski definition) is 2. The molecule has 0 aromatic heterocycles. The lowest BCUT2D eigenvalue weighted by molar-refractivity contribution is 0.513. The SMILES string of the molecule is CNc1c(F)c(F)cc2c(N)c(F)ccc12. The molecule has 2 rings (SSSR count). The van der Waals surface area contributed by atoms with Crippen molar-refractivity contribution >= 4 is 22.1 Å². The second-order valence-electron chi connectivity index (χ2n) is 3.35. The van der Waals surface area contributed by atoms with Gasteiger partial charge < -0.3 is 11.1 Å². The van der Waals surface area contributed by atoms with Crippen molar-refractivity contribution in [3.8, 4) is 0 Å². The Morgan fingerprint density at radius 2 is 1.75 bits per heavy atom. The molecule has 0 unspecified atom stereocenters. The van der Waals surface area contributed by atoms with Gasteiger partial charge in [0, 0.05) is 17.8 Å². The molecule has 0 amide bonds. The van der Waals surface area contributed by atoms with Crippen LogP contribution in [0.5, 0.6) is 0 Å². The molecule has 0 aliphatic heterocycles. The molecule has 0 fully saturated rings. The van der Waals surface area contributed by atoms with Crippen LogP contribution in [0.1, 0.15) is 0 Å². The maximum Gasteiger partial charge on any atom is 0.182 e. The van der Waals surface area contributed by atoms with Crippen molar-refractivity contribution in [1.82, 2.24) is 0 Å². The fourth-order valence-electron chi connectivity index (χ4n) is 1.66. The summed E-state index contributed by atoms with van der Waals surface area (Å²) in [6.45, 7) is 0. The summed E-state index contributed by atoms with van der Waals surface area (Å²) in [5.41, 5.74) is 5.26. The van der Waals surface area contributed by atoms with E-state index in [4.69, 9.17) is 5.73 Å². The topological polar surface area (TPSA) is 38.0 Å². The minimum atomic E-state index is -1.06. The van der Waals surface area contributed by atoms with Crippen molar-refractivity contribution < 1.29 is 13.2 Å². The summed E-state index contributed by atoms with van der Waals surface area (Å²) in [6.07, 6.45) is 0. The van der Waals surface area contributed by atoms with E-state index < -0.39 is 17.5 Å². The van der Waals surface area contributed by atoms with Gasteiger partial charge in [-0.25, -0.2) is 13.2 Å². The lowest BCUT2D eigenvalue weighted by Crippen LogP contribution is -2.00. The molecule has 0 aliphatic rings. The maximum atomic E-state index is 13.4. The van der Waals surface area contributed by atoms with Gasteiger partial charge in [0.1, 0.15) is 5.82 Å². The molecule has 0 aliphatic carbocycles. The van der Waals surface area contributed by atoms with Gasteiger partial charge in [0.25, 0.3) is 0 Å². The van der Waals surface area contributed by atoms with Crippen LogP contribution in [0.25, 0.3) is 10.8 Å². The van der Waals surface area contributed by atoms with Gasteiger partial charge >= 0.3 is 0 Å². The Kier molecular flexibility index (Phi) is 2.38. The second kappa shape index (κ2) is 3.59. The Morgan fingerprint density at radius 3 is 2.38 bits per heavy atom. The summed E-state index contributed by atoms with van der Waals surface area (Å²) in [6, 6.07) is 3.37. The smallest absolute Gasteiger partial charge is 0.182 e. The molecular weight excluding hydrogens is 217 g/mol. The zero-order valence-electron chi connectivity index (χ0n) is 8.44. The first-order valence-electron chi connectivity index (χ1n) is 4.59. The van der Waals surface area contributed by atoms with Gasteiger partial charge in [0.15, 0.2) is 11.6 Å². The number of nitrogen functional groups attached to an aromatic ring is 1.